The van der Waals surface area contributed by atoms with Crippen LogP contribution in [0.3, 0.4) is 0 Å². The highest BCUT2D eigenvalue weighted by Gasteiger charge is 2.31. The van der Waals surface area contributed by atoms with Crippen LogP contribution >= 0.6 is 15.9 Å². The van der Waals surface area contributed by atoms with Crippen molar-refractivity contribution in [1.29, 1.82) is 5.26 Å². The lowest BCUT2D eigenvalue weighted by Crippen LogP contribution is -2.27. The van der Waals surface area contributed by atoms with Gasteiger partial charge in [-0.05, 0) is 35.9 Å². The highest BCUT2D eigenvalue weighted by Crippen LogP contribution is 2.40. The summed E-state index contributed by atoms with van der Waals surface area (Å²) >= 11 is 3.36. The summed E-state index contributed by atoms with van der Waals surface area (Å²) < 4.78 is 5.92. The first-order chi connectivity index (χ1) is 13.9. The summed E-state index contributed by atoms with van der Waals surface area (Å²) in [5.74, 6) is -0.755. The molecule has 0 unspecified atom stereocenters. The number of nitriles is 1. The largest absolute Gasteiger partial charge is 0.454 e. The summed E-state index contributed by atoms with van der Waals surface area (Å²) in [5.41, 5.74) is 2.53. The number of hydrogen-bond acceptors (Lipinski definition) is 6. The van der Waals surface area contributed by atoms with Gasteiger partial charge in [-0.25, -0.2) is 4.79 Å². The van der Waals surface area contributed by atoms with Gasteiger partial charge in [0.25, 0.3) is 0 Å². The average Bonchev–Trinajstić information content (AvgIpc) is 2.97. The Labute approximate surface area is 177 Å². The van der Waals surface area contributed by atoms with Crippen LogP contribution < -0.4 is 9.80 Å². The van der Waals surface area contributed by atoms with E-state index in [9.17, 15) is 14.9 Å². The van der Waals surface area contributed by atoms with Gasteiger partial charge in [-0.1, -0.05) is 40.2 Å². The van der Waals surface area contributed by atoms with Crippen molar-refractivity contribution >= 4 is 45.1 Å². The fourth-order valence-electron chi connectivity index (χ4n) is 3.09. The molecule has 0 saturated carbocycles. The van der Waals surface area contributed by atoms with E-state index in [1.54, 1.807) is 30.0 Å². The van der Waals surface area contributed by atoms with Crippen LogP contribution in [0.4, 0.5) is 11.4 Å². The number of carbonyl (C=O) groups excluding carboxylic acids is 2. The number of fused-ring (bicyclic) bond motifs is 1. The summed E-state index contributed by atoms with van der Waals surface area (Å²) in [5, 5.41) is 9.57. The van der Waals surface area contributed by atoms with E-state index >= 15 is 0 Å². The molecule has 7 heteroatoms. The standard InChI is InChI=1S/C22H18BrN3O3/c1-25-18-8-3-4-9-19(18)26(2)22(25)17(13-24)20(27)14-29-21(28)11-10-15-6-5-7-16(23)12-15/h3-12H,14H2,1-2H3/b11-10+. The normalized spacial score (nSPS) is 12.7. The van der Waals surface area contributed by atoms with Crippen LogP contribution in [0.25, 0.3) is 6.08 Å². The zero-order valence-corrected chi connectivity index (χ0v) is 17.5. The summed E-state index contributed by atoms with van der Waals surface area (Å²) in [7, 11) is 3.57. The van der Waals surface area contributed by atoms with Crippen LogP contribution in [0.5, 0.6) is 0 Å². The first-order valence-electron chi connectivity index (χ1n) is 8.77. The number of esters is 1. The number of ether oxygens (including phenoxy) is 1. The van der Waals surface area contributed by atoms with E-state index in [0.717, 1.165) is 21.4 Å². The molecule has 0 N–H and O–H groups in total. The molecular weight excluding hydrogens is 434 g/mol. The van der Waals surface area contributed by atoms with Gasteiger partial charge in [0.15, 0.2) is 6.61 Å². The molecule has 0 atom stereocenters. The Bertz CT molecular complexity index is 1040. The maximum atomic E-state index is 12.6. The number of halogens is 1. The summed E-state index contributed by atoms with van der Waals surface area (Å²) in [6.45, 7) is -0.508. The number of Topliss-reactive ketones (excluding diaryl/α,β-unsaturated/α-hetero) is 1. The van der Waals surface area contributed by atoms with Gasteiger partial charge in [0.05, 0.1) is 11.4 Å². The number of anilines is 2. The summed E-state index contributed by atoms with van der Waals surface area (Å²) in [4.78, 5) is 28.1. The topological polar surface area (TPSA) is 73.6 Å². The highest BCUT2D eigenvalue weighted by molar-refractivity contribution is 9.10. The van der Waals surface area contributed by atoms with Crippen LogP contribution in [0.15, 0.2) is 70.5 Å². The van der Waals surface area contributed by atoms with Crippen LogP contribution in [-0.2, 0) is 14.3 Å². The molecule has 0 spiro atoms. The van der Waals surface area contributed by atoms with Gasteiger partial charge in [-0.15, -0.1) is 0 Å². The number of para-hydroxylation sites is 2. The molecular formula is C22H18BrN3O3. The van der Waals surface area contributed by atoms with Crippen molar-refractivity contribution in [3.8, 4) is 6.07 Å². The lowest BCUT2D eigenvalue weighted by atomic mass is 10.2. The predicted molar refractivity (Wildman–Crippen MR) is 115 cm³/mol. The van der Waals surface area contributed by atoms with Gasteiger partial charge in [0.1, 0.15) is 17.5 Å². The minimum atomic E-state index is -0.656. The third-order valence-electron chi connectivity index (χ3n) is 4.46. The number of benzene rings is 2. The third-order valence-corrected chi connectivity index (χ3v) is 4.95. The van der Waals surface area contributed by atoms with Crippen molar-refractivity contribution < 1.29 is 14.3 Å². The van der Waals surface area contributed by atoms with Gasteiger partial charge in [0.2, 0.25) is 5.78 Å². The molecule has 6 nitrogen and oxygen atoms in total. The Morgan fingerprint density at radius 2 is 1.76 bits per heavy atom. The fourth-order valence-corrected chi connectivity index (χ4v) is 3.51. The maximum Gasteiger partial charge on any atom is 0.331 e. The monoisotopic (exact) mass is 451 g/mol. The molecule has 0 fully saturated rings. The van der Waals surface area contributed by atoms with Crippen molar-refractivity contribution in [1.82, 2.24) is 0 Å². The Kier molecular flexibility index (Phi) is 6.15. The van der Waals surface area contributed by atoms with Crippen LogP contribution in [0.1, 0.15) is 5.56 Å². The highest BCUT2D eigenvalue weighted by atomic mass is 79.9. The molecule has 1 heterocycles. The second-order valence-corrected chi connectivity index (χ2v) is 7.25. The molecule has 0 saturated heterocycles. The van der Waals surface area contributed by atoms with Crippen LogP contribution in [0.2, 0.25) is 0 Å². The Morgan fingerprint density at radius 1 is 1.10 bits per heavy atom. The number of ketones is 1. The van der Waals surface area contributed by atoms with Gasteiger partial charge in [-0.2, -0.15) is 5.26 Å². The number of carbonyl (C=O) groups is 2. The van der Waals surface area contributed by atoms with E-state index in [4.69, 9.17) is 4.74 Å². The second-order valence-electron chi connectivity index (χ2n) is 6.34. The fraction of sp³-hybridized carbons (Fsp3) is 0.136. The lowest BCUT2D eigenvalue weighted by Gasteiger charge is -2.19. The quantitative estimate of drug-likeness (QED) is 0.389. The Morgan fingerprint density at radius 3 is 2.34 bits per heavy atom. The molecule has 1 aliphatic rings. The lowest BCUT2D eigenvalue weighted by molar-refractivity contribution is -0.141. The molecule has 0 bridgehead atoms. The number of rotatable bonds is 5. The molecule has 29 heavy (non-hydrogen) atoms. The van der Waals surface area contributed by atoms with Crippen molar-refractivity contribution in [3.63, 3.8) is 0 Å². The van der Waals surface area contributed by atoms with Crippen molar-refractivity contribution in [3.05, 3.63) is 76.0 Å². The van der Waals surface area contributed by atoms with Gasteiger partial charge in [-0.3, -0.25) is 4.79 Å². The van der Waals surface area contributed by atoms with E-state index in [-0.39, 0.29) is 5.57 Å². The molecule has 2 aromatic carbocycles. The second kappa shape index (κ2) is 8.76. The van der Waals surface area contributed by atoms with Crippen molar-refractivity contribution in [2.24, 2.45) is 0 Å². The molecule has 2 aromatic rings. The zero-order valence-electron chi connectivity index (χ0n) is 15.9. The summed E-state index contributed by atoms with van der Waals surface area (Å²) in [6.07, 6.45) is 2.84. The molecule has 0 aromatic heterocycles. The number of hydrogen-bond donors (Lipinski definition) is 0. The molecule has 146 valence electrons. The first-order valence-corrected chi connectivity index (χ1v) is 9.56. The van der Waals surface area contributed by atoms with E-state index in [2.05, 4.69) is 15.9 Å². The van der Waals surface area contributed by atoms with Crippen LogP contribution in [-0.4, -0.2) is 32.5 Å². The van der Waals surface area contributed by atoms with Crippen LogP contribution in [0, 0.1) is 11.3 Å². The Balaban J connectivity index is 1.70. The smallest absolute Gasteiger partial charge is 0.331 e. The molecule has 1 aliphatic heterocycles. The minimum absolute atomic E-state index is 0.0602. The van der Waals surface area contributed by atoms with Crippen molar-refractivity contribution in [2.75, 3.05) is 30.5 Å². The predicted octanol–water partition coefficient (Wildman–Crippen LogP) is 3.90. The third kappa shape index (κ3) is 4.39. The van der Waals surface area contributed by atoms with E-state index < -0.39 is 18.4 Å². The van der Waals surface area contributed by atoms with Gasteiger partial charge in [0, 0.05) is 24.6 Å². The van der Waals surface area contributed by atoms with Crippen molar-refractivity contribution in [2.45, 2.75) is 0 Å². The van der Waals surface area contributed by atoms with E-state index in [1.807, 2.05) is 54.6 Å². The molecule has 3 rings (SSSR count). The first kappa shape index (κ1) is 20.4. The summed E-state index contributed by atoms with van der Waals surface area (Å²) in [6, 6.07) is 16.9. The average molecular weight is 452 g/mol. The van der Waals surface area contributed by atoms with Gasteiger partial charge >= 0.3 is 5.97 Å². The van der Waals surface area contributed by atoms with Gasteiger partial charge < -0.3 is 14.5 Å². The Hall–Kier alpha value is -3.37. The van der Waals surface area contributed by atoms with E-state index in [0.29, 0.717) is 5.82 Å². The SMILES string of the molecule is CN1C(=C(C#N)C(=O)COC(=O)/C=C/c2cccc(Br)c2)N(C)c2ccccc21. The zero-order chi connectivity index (χ0) is 21.0. The maximum absolute atomic E-state index is 12.6. The minimum Gasteiger partial charge on any atom is -0.454 e. The molecule has 0 amide bonds. The molecule has 0 aliphatic carbocycles. The number of nitrogens with zero attached hydrogens (tertiary/aromatic N) is 3. The molecule has 0 radical (unpaired) electrons. The van der Waals surface area contributed by atoms with E-state index in [1.165, 1.54) is 6.08 Å².